The van der Waals surface area contributed by atoms with Crippen LogP contribution in [0.15, 0.2) is 53.4 Å². The maximum absolute atomic E-state index is 13.3. The molecule has 2 heterocycles. The van der Waals surface area contributed by atoms with E-state index in [0.29, 0.717) is 5.11 Å². The molecule has 2 aromatic carbocycles. The average molecular weight is 414 g/mol. The molecule has 0 aromatic heterocycles. The van der Waals surface area contributed by atoms with Crippen molar-refractivity contribution in [3.05, 3.63) is 54.1 Å². The molecule has 0 aliphatic carbocycles. The lowest BCUT2D eigenvalue weighted by atomic mass is 9.91. The molecule has 2 saturated heterocycles. The number of hydrogen-bond acceptors (Lipinski definition) is 5. The zero-order chi connectivity index (χ0) is 19.7. The van der Waals surface area contributed by atoms with Crippen molar-refractivity contribution in [2.75, 3.05) is 42.4 Å². The first-order valence-electron chi connectivity index (χ1n) is 9.27. The van der Waals surface area contributed by atoms with Gasteiger partial charge in [-0.05, 0) is 67.4 Å². The fourth-order valence-corrected chi connectivity index (χ4v) is 4.43. The zero-order valence-corrected chi connectivity index (χ0v) is 17.6. The van der Waals surface area contributed by atoms with Crippen molar-refractivity contribution in [3.63, 3.8) is 0 Å². The molecule has 1 unspecified atom stereocenters. The van der Waals surface area contributed by atoms with E-state index >= 15 is 0 Å². The van der Waals surface area contributed by atoms with Crippen LogP contribution in [0.4, 0.5) is 11.4 Å². The summed E-state index contributed by atoms with van der Waals surface area (Å²) in [4.78, 5) is 18.4. The maximum atomic E-state index is 13.3. The Balaban J connectivity index is 1.58. The van der Waals surface area contributed by atoms with Gasteiger partial charge in [-0.3, -0.25) is 9.69 Å². The van der Waals surface area contributed by atoms with Crippen molar-refractivity contribution >= 4 is 46.4 Å². The second-order valence-corrected chi connectivity index (χ2v) is 8.31. The van der Waals surface area contributed by atoms with Gasteiger partial charge in [0.05, 0.1) is 18.9 Å². The molecule has 2 aromatic rings. The van der Waals surface area contributed by atoms with E-state index in [1.165, 1.54) is 0 Å². The van der Waals surface area contributed by atoms with Crippen LogP contribution in [0, 0.1) is 0 Å². The number of anilines is 2. The largest absolute Gasteiger partial charge is 0.378 e. The predicted octanol–water partition coefficient (Wildman–Crippen LogP) is 3.38. The topological polar surface area (TPSA) is 44.8 Å². The lowest BCUT2D eigenvalue weighted by molar-refractivity contribution is -0.121. The molecule has 5 nitrogen and oxygen atoms in total. The Morgan fingerprint density at radius 2 is 1.64 bits per heavy atom. The summed E-state index contributed by atoms with van der Waals surface area (Å²) in [5.41, 5.74) is 1.96. The third kappa shape index (κ3) is 3.38. The Labute approximate surface area is 175 Å². The summed E-state index contributed by atoms with van der Waals surface area (Å²) in [5, 5.41) is 3.67. The number of hydrogen-bond donors (Lipinski definition) is 1. The summed E-state index contributed by atoms with van der Waals surface area (Å²) in [5.74, 6) is -0.0616. The highest BCUT2D eigenvalue weighted by Gasteiger charge is 2.47. The standard InChI is InChI=1S/C21H23N3O2S2/c1-21(15-3-5-16(6-4-15)23-11-13-26-14-12-23)19(25)24(20(27)22-21)17-7-9-18(28-2)10-8-17/h3-10H,11-14H2,1-2H3,(H,22,27). The van der Waals surface area contributed by atoms with Gasteiger partial charge in [-0.2, -0.15) is 0 Å². The van der Waals surface area contributed by atoms with Gasteiger partial charge in [0.25, 0.3) is 5.91 Å². The monoisotopic (exact) mass is 413 g/mol. The molecule has 1 amide bonds. The molecule has 28 heavy (non-hydrogen) atoms. The summed E-state index contributed by atoms with van der Waals surface area (Å²) in [7, 11) is 0. The van der Waals surface area contributed by atoms with E-state index in [1.54, 1.807) is 16.7 Å². The molecule has 2 fully saturated rings. The number of amides is 1. The van der Waals surface area contributed by atoms with Crippen LogP contribution in [-0.4, -0.2) is 43.6 Å². The lowest BCUT2D eigenvalue weighted by Gasteiger charge is -2.29. The third-order valence-corrected chi connectivity index (χ3v) is 6.37. The van der Waals surface area contributed by atoms with E-state index in [0.717, 1.165) is 48.1 Å². The molecule has 2 aliphatic heterocycles. The van der Waals surface area contributed by atoms with Crippen molar-refractivity contribution in [3.8, 4) is 0 Å². The number of nitrogens with one attached hydrogen (secondary N) is 1. The smallest absolute Gasteiger partial charge is 0.263 e. The third-order valence-electron chi connectivity index (χ3n) is 5.34. The average Bonchev–Trinajstić information content (AvgIpc) is 2.98. The molecule has 7 heteroatoms. The quantitative estimate of drug-likeness (QED) is 0.612. The molecule has 2 aliphatic rings. The Morgan fingerprint density at radius 1 is 1.04 bits per heavy atom. The molecule has 1 atom stereocenters. The van der Waals surface area contributed by atoms with Gasteiger partial charge in [0.15, 0.2) is 5.11 Å². The van der Waals surface area contributed by atoms with E-state index in [1.807, 2.05) is 49.6 Å². The lowest BCUT2D eigenvalue weighted by Crippen LogP contribution is -2.41. The molecule has 0 radical (unpaired) electrons. The van der Waals surface area contributed by atoms with Crippen LogP contribution in [-0.2, 0) is 15.1 Å². The highest BCUT2D eigenvalue weighted by Crippen LogP contribution is 2.33. The van der Waals surface area contributed by atoms with E-state index in [9.17, 15) is 4.79 Å². The molecule has 4 rings (SSSR count). The van der Waals surface area contributed by atoms with Crippen LogP contribution in [0.1, 0.15) is 12.5 Å². The van der Waals surface area contributed by atoms with Gasteiger partial charge in [-0.1, -0.05) is 12.1 Å². The number of morpholine rings is 1. The van der Waals surface area contributed by atoms with Crippen molar-refractivity contribution in [2.45, 2.75) is 17.4 Å². The second-order valence-electron chi connectivity index (χ2n) is 7.04. The van der Waals surface area contributed by atoms with Crippen LogP contribution in [0.5, 0.6) is 0 Å². The SMILES string of the molecule is CSc1ccc(N2C(=O)C(C)(c3ccc(N4CCOCC4)cc3)NC2=S)cc1. The van der Waals surface area contributed by atoms with Crippen molar-refractivity contribution < 1.29 is 9.53 Å². The molecular weight excluding hydrogens is 390 g/mol. The van der Waals surface area contributed by atoms with Crippen LogP contribution >= 0.6 is 24.0 Å². The maximum Gasteiger partial charge on any atom is 0.263 e. The predicted molar refractivity (Wildman–Crippen MR) is 118 cm³/mol. The summed E-state index contributed by atoms with van der Waals surface area (Å²) < 4.78 is 5.42. The molecule has 0 bridgehead atoms. The van der Waals surface area contributed by atoms with Crippen molar-refractivity contribution in [2.24, 2.45) is 0 Å². The van der Waals surface area contributed by atoms with E-state index in [-0.39, 0.29) is 5.91 Å². The Hall–Kier alpha value is -2.09. The van der Waals surface area contributed by atoms with Crippen molar-refractivity contribution in [1.82, 2.24) is 5.32 Å². The fourth-order valence-electron chi connectivity index (χ4n) is 3.63. The highest BCUT2D eigenvalue weighted by atomic mass is 32.2. The summed E-state index contributed by atoms with van der Waals surface area (Å²) in [6.45, 7) is 5.16. The number of carbonyl (C=O) groups is 1. The van der Waals surface area contributed by atoms with Gasteiger partial charge >= 0.3 is 0 Å². The van der Waals surface area contributed by atoms with E-state index < -0.39 is 5.54 Å². The van der Waals surface area contributed by atoms with Crippen LogP contribution in [0.25, 0.3) is 0 Å². The molecule has 0 spiro atoms. The van der Waals surface area contributed by atoms with Gasteiger partial charge in [0.1, 0.15) is 5.54 Å². The Bertz CT molecular complexity index is 880. The molecule has 1 N–H and O–H groups in total. The van der Waals surface area contributed by atoms with E-state index in [4.69, 9.17) is 17.0 Å². The fraction of sp³-hybridized carbons (Fsp3) is 0.333. The number of ether oxygens (including phenoxy) is 1. The van der Waals surface area contributed by atoms with Crippen LogP contribution < -0.4 is 15.1 Å². The minimum Gasteiger partial charge on any atom is -0.378 e. The van der Waals surface area contributed by atoms with E-state index in [2.05, 4.69) is 22.3 Å². The molecule has 0 saturated carbocycles. The first-order chi connectivity index (χ1) is 13.5. The minimum absolute atomic E-state index is 0.0616. The number of thiocarbonyl (C=S) groups is 1. The zero-order valence-electron chi connectivity index (χ0n) is 16.0. The first kappa shape index (κ1) is 19.2. The number of nitrogens with zero attached hydrogens (tertiary/aromatic N) is 2. The number of thioether (sulfide) groups is 1. The Morgan fingerprint density at radius 3 is 2.25 bits per heavy atom. The van der Waals surface area contributed by atoms with Crippen LogP contribution in [0.2, 0.25) is 0 Å². The second kappa shape index (κ2) is 7.73. The van der Waals surface area contributed by atoms with Gasteiger partial charge in [-0.15, -0.1) is 11.8 Å². The number of carbonyl (C=O) groups excluding carboxylic acids is 1. The van der Waals surface area contributed by atoms with Crippen LogP contribution in [0.3, 0.4) is 0 Å². The number of rotatable bonds is 4. The number of benzene rings is 2. The summed E-state index contributed by atoms with van der Waals surface area (Å²) in [6.07, 6.45) is 2.03. The van der Waals surface area contributed by atoms with Crippen molar-refractivity contribution in [1.29, 1.82) is 0 Å². The van der Waals surface area contributed by atoms with Gasteiger partial charge in [0, 0.05) is 23.7 Å². The normalized spacial score (nSPS) is 22.5. The Kier molecular flexibility index (Phi) is 5.31. The van der Waals surface area contributed by atoms with Gasteiger partial charge < -0.3 is 15.0 Å². The molecular formula is C21H23N3O2S2. The molecule has 146 valence electrons. The summed E-state index contributed by atoms with van der Waals surface area (Å²) >= 11 is 7.17. The first-order valence-corrected chi connectivity index (χ1v) is 10.9. The van der Waals surface area contributed by atoms with Gasteiger partial charge in [-0.25, -0.2) is 0 Å². The highest BCUT2D eigenvalue weighted by molar-refractivity contribution is 7.98. The minimum atomic E-state index is -0.876. The van der Waals surface area contributed by atoms with Gasteiger partial charge in [0.2, 0.25) is 0 Å². The summed E-state index contributed by atoms with van der Waals surface area (Å²) in [6, 6.07) is 16.0.